The van der Waals surface area contributed by atoms with Gasteiger partial charge >= 0.3 is 6.18 Å². The third-order valence-corrected chi connectivity index (χ3v) is 6.33. The zero-order valence-electron chi connectivity index (χ0n) is 12.9. The highest BCUT2D eigenvalue weighted by atomic mass is 79.9. The van der Waals surface area contributed by atoms with E-state index in [1.165, 1.54) is 35.7 Å². The van der Waals surface area contributed by atoms with Gasteiger partial charge in [0.05, 0.1) is 17.0 Å². The summed E-state index contributed by atoms with van der Waals surface area (Å²) in [6.07, 6.45) is -3.01. The number of benzene rings is 1. The number of alkyl halides is 3. The summed E-state index contributed by atoms with van der Waals surface area (Å²) in [5.41, 5.74) is 0.0601. The molecule has 3 rings (SSSR count). The summed E-state index contributed by atoms with van der Waals surface area (Å²) >= 11 is 4.36. The van der Waals surface area contributed by atoms with Gasteiger partial charge in [-0.1, -0.05) is 12.1 Å². The van der Waals surface area contributed by atoms with Gasteiger partial charge in [-0.3, -0.25) is 0 Å². The molecule has 2 heterocycles. The van der Waals surface area contributed by atoms with Crippen molar-refractivity contribution in [2.45, 2.75) is 17.0 Å². The minimum absolute atomic E-state index is 0.0650. The van der Waals surface area contributed by atoms with E-state index in [-0.39, 0.29) is 10.8 Å². The van der Waals surface area contributed by atoms with Crippen molar-refractivity contribution in [1.82, 2.24) is 9.97 Å². The van der Waals surface area contributed by atoms with Gasteiger partial charge in [-0.15, -0.1) is 11.3 Å². The van der Waals surface area contributed by atoms with Crippen LogP contribution in [0.4, 0.5) is 13.2 Å². The maximum atomic E-state index is 12.6. The lowest BCUT2D eigenvalue weighted by molar-refractivity contribution is -0.137. The number of rotatable bonds is 4. The topological polar surface area (TPSA) is 59.9 Å². The molecular formula is C16H10BrF3N2O2S2. The summed E-state index contributed by atoms with van der Waals surface area (Å²) in [6, 6.07) is 7.54. The van der Waals surface area contributed by atoms with Crippen LogP contribution in [0.5, 0.6) is 0 Å². The van der Waals surface area contributed by atoms with Crippen molar-refractivity contribution in [2.75, 3.05) is 0 Å². The fraction of sp³-hybridized carbons (Fsp3) is 0.125. The van der Waals surface area contributed by atoms with Gasteiger partial charge in [0.15, 0.2) is 5.03 Å². The SMILES string of the molecule is O=S(=O)(Cc1csc(-c2ccc(C(F)(F)F)cc2)n1)c1ccc(Br)cn1. The van der Waals surface area contributed by atoms with Crippen molar-refractivity contribution < 1.29 is 21.6 Å². The predicted octanol–water partition coefficient (Wildman–Crippen LogP) is 4.96. The standard InChI is InChI=1S/C16H10BrF3N2O2S2/c17-12-5-6-14(21-7-12)26(23,24)9-13-8-25-15(22-13)10-1-3-11(4-2-10)16(18,19)20/h1-8H,9H2. The highest BCUT2D eigenvalue weighted by Crippen LogP contribution is 2.32. The summed E-state index contributed by atoms with van der Waals surface area (Å²) in [4.78, 5) is 8.10. The molecule has 0 saturated heterocycles. The Balaban J connectivity index is 1.80. The summed E-state index contributed by atoms with van der Waals surface area (Å²) < 4.78 is 63.2. The Kier molecular flexibility index (Phi) is 5.18. The Hall–Kier alpha value is -1.78. The van der Waals surface area contributed by atoms with E-state index in [0.29, 0.717) is 20.7 Å². The maximum Gasteiger partial charge on any atom is 0.416 e. The van der Waals surface area contributed by atoms with Crippen LogP contribution in [0.25, 0.3) is 10.6 Å². The normalized spacial score (nSPS) is 12.3. The van der Waals surface area contributed by atoms with E-state index in [4.69, 9.17) is 0 Å². The lowest BCUT2D eigenvalue weighted by Gasteiger charge is -2.06. The van der Waals surface area contributed by atoms with Crippen LogP contribution in [0.3, 0.4) is 0 Å². The molecular weight excluding hydrogens is 453 g/mol. The number of thiazole rings is 1. The van der Waals surface area contributed by atoms with E-state index in [9.17, 15) is 21.6 Å². The molecule has 136 valence electrons. The quantitative estimate of drug-likeness (QED) is 0.549. The van der Waals surface area contributed by atoms with E-state index in [0.717, 1.165) is 12.1 Å². The average molecular weight is 463 g/mol. The summed E-state index contributed by atoms with van der Waals surface area (Å²) in [7, 11) is -3.66. The lowest BCUT2D eigenvalue weighted by Crippen LogP contribution is -2.07. The molecule has 0 bridgehead atoms. The van der Waals surface area contributed by atoms with E-state index in [1.807, 2.05) is 0 Å². The molecule has 2 aromatic heterocycles. The van der Waals surface area contributed by atoms with E-state index < -0.39 is 21.6 Å². The third kappa shape index (κ3) is 4.30. The Morgan fingerprint density at radius 3 is 2.35 bits per heavy atom. The number of sulfone groups is 1. The second-order valence-electron chi connectivity index (χ2n) is 5.29. The third-order valence-electron chi connectivity index (χ3n) is 3.37. The molecule has 0 spiro atoms. The Morgan fingerprint density at radius 1 is 1.08 bits per heavy atom. The molecule has 0 amide bonds. The molecule has 0 atom stereocenters. The largest absolute Gasteiger partial charge is 0.416 e. The summed E-state index contributed by atoms with van der Waals surface area (Å²) in [6.45, 7) is 0. The first-order chi connectivity index (χ1) is 12.1. The van der Waals surface area contributed by atoms with Crippen LogP contribution >= 0.6 is 27.3 Å². The van der Waals surface area contributed by atoms with E-state index >= 15 is 0 Å². The van der Waals surface area contributed by atoms with Gasteiger partial charge in [-0.2, -0.15) is 13.2 Å². The van der Waals surface area contributed by atoms with Crippen molar-refractivity contribution in [2.24, 2.45) is 0 Å². The number of nitrogens with zero attached hydrogens (tertiary/aromatic N) is 2. The molecule has 0 aliphatic heterocycles. The van der Waals surface area contributed by atoms with Crippen molar-refractivity contribution in [3.05, 3.63) is 63.7 Å². The van der Waals surface area contributed by atoms with E-state index in [2.05, 4.69) is 25.9 Å². The monoisotopic (exact) mass is 462 g/mol. The summed E-state index contributed by atoms with van der Waals surface area (Å²) in [5, 5.41) is 1.96. The van der Waals surface area contributed by atoms with Gasteiger partial charge in [0.1, 0.15) is 5.01 Å². The highest BCUT2D eigenvalue weighted by Gasteiger charge is 2.30. The molecule has 0 saturated carbocycles. The van der Waals surface area contributed by atoms with Crippen LogP contribution < -0.4 is 0 Å². The molecule has 3 aromatic rings. The maximum absolute atomic E-state index is 12.6. The van der Waals surface area contributed by atoms with Crippen molar-refractivity contribution >= 4 is 37.1 Å². The Labute approximate surface area is 159 Å². The number of hydrogen-bond donors (Lipinski definition) is 0. The van der Waals surface area contributed by atoms with Gasteiger partial charge in [-0.25, -0.2) is 18.4 Å². The molecule has 0 fully saturated rings. The first kappa shape index (κ1) is 19.0. The highest BCUT2D eigenvalue weighted by molar-refractivity contribution is 9.10. The van der Waals surface area contributed by atoms with E-state index in [1.54, 1.807) is 11.4 Å². The molecule has 0 aliphatic rings. The molecule has 0 N–H and O–H groups in total. The van der Waals surface area contributed by atoms with Crippen molar-refractivity contribution in [3.8, 4) is 10.6 Å². The second kappa shape index (κ2) is 7.09. The molecule has 1 aromatic carbocycles. The zero-order valence-corrected chi connectivity index (χ0v) is 16.1. The molecule has 4 nitrogen and oxygen atoms in total. The summed E-state index contributed by atoms with van der Waals surface area (Å²) in [5.74, 6) is -0.335. The minimum atomic E-state index is -4.40. The van der Waals surface area contributed by atoms with Crippen LogP contribution in [0.1, 0.15) is 11.3 Å². The Bertz CT molecular complexity index is 1010. The fourth-order valence-corrected chi connectivity index (χ4v) is 4.46. The second-order valence-corrected chi connectivity index (χ2v) is 9.00. The first-order valence-corrected chi connectivity index (χ1v) is 10.4. The molecule has 10 heteroatoms. The molecule has 0 radical (unpaired) electrons. The van der Waals surface area contributed by atoms with Crippen LogP contribution in [0, 0.1) is 0 Å². The van der Waals surface area contributed by atoms with Crippen LogP contribution in [-0.4, -0.2) is 18.4 Å². The predicted molar refractivity (Wildman–Crippen MR) is 95.4 cm³/mol. The van der Waals surface area contributed by atoms with Gasteiger partial charge < -0.3 is 0 Å². The molecule has 0 aliphatic carbocycles. The molecule has 26 heavy (non-hydrogen) atoms. The Morgan fingerprint density at radius 2 is 1.77 bits per heavy atom. The van der Waals surface area contributed by atoms with Crippen molar-refractivity contribution in [1.29, 1.82) is 0 Å². The lowest BCUT2D eigenvalue weighted by atomic mass is 10.1. The molecule has 0 unspecified atom stereocenters. The van der Waals surface area contributed by atoms with Crippen LogP contribution in [-0.2, 0) is 21.8 Å². The number of halogens is 4. The zero-order chi connectivity index (χ0) is 18.9. The minimum Gasteiger partial charge on any atom is -0.244 e. The fourth-order valence-electron chi connectivity index (χ4n) is 2.12. The van der Waals surface area contributed by atoms with Gasteiger partial charge in [-0.05, 0) is 40.2 Å². The van der Waals surface area contributed by atoms with Gasteiger partial charge in [0.2, 0.25) is 9.84 Å². The van der Waals surface area contributed by atoms with Gasteiger partial charge in [0.25, 0.3) is 0 Å². The van der Waals surface area contributed by atoms with Crippen LogP contribution in [0.2, 0.25) is 0 Å². The number of hydrogen-bond acceptors (Lipinski definition) is 5. The average Bonchev–Trinajstić information content (AvgIpc) is 3.02. The number of pyridine rings is 1. The smallest absolute Gasteiger partial charge is 0.244 e. The first-order valence-electron chi connectivity index (χ1n) is 7.11. The van der Waals surface area contributed by atoms with Crippen LogP contribution in [0.15, 0.2) is 57.5 Å². The van der Waals surface area contributed by atoms with Crippen molar-refractivity contribution in [3.63, 3.8) is 0 Å². The van der Waals surface area contributed by atoms with Gasteiger partial charge in [0, 0.05) is 21.6 Å². The number of aromatic nitrogens is 2.